The molecule has 0 fully saturated rings. The number of nitrogens with zero attached hydrogens (tertiary/aromatic N) is 2. The van der Waals surface area contributed by atoms with E-state index in [1.165, 1.54) is 0 Å². The Balaban J connectivity index is 2.38. The molecule has 2 aromatic heterocycles. The maximum atomic E-state index is 11.3. The molecule has 0 aliphatic rings. The van der Waals surface area contributed by atoms with E-state index in [0.29, 0.717) is 5.56 Å². The van der Waals surface area contributed by atoms with Crippen molar-refractivity contribution in [2.45, 2.75) is 20.8 Å². The number of benzene rings is 1. The van der Waals surface area contributed by atoms with E-state index in [9.17, 15) is 9.90 Å². The first-order valence-corrected chi connectivity index (χ1v) is 6.78. The predicted octanol–water partition coefficient (Wildman–Crippen LogP) is 3.65. The minimum Gasteiger partial charge on any atom is -0.478 e. The molecular formula is C17H16N2O2. The molecule has 0 unspecified atom stereocenters. The number of fused-ring (bicyclic) bond motifs is 1. The first kappa shape index (κ1) is 13.4. The Morgan fingerprint density at radius 2 is 1.86 bits per heavy atom. The fourth-order valence-corrected chi connectivity index (χ4v) is 2.82. The summed E-state index contributed by atoms with van der Waals surface area (Å²) in [7, 11) is 0. The van der Waals surface area contributed by atoms with Crippen LogP contribution in [0, 0.1) is 20.8 Å². The van der Waals surface area contributed by atoms with Crippen molar-refractivity contribution in [3.63, 3.8) is 0 Å². The molecule has 0 saturated heterocycles. The van der Waals surface area contributed by atoms with Gasteiger partial charge in [0.05, 0.1) is 16.8 Å². The van der Waals surface area contributed by atoms with Gasteiger partial charge in [-0.25, -0.2) is 4.79 Å². The Kier molecular flexibility index (Phi) is 3.01. The second-order valence-corrected chi connectivity index (χ2v) is 5.23. The first-order valence-electron chi connectivity index (χ1n) is 6.78. The zero-order chi connectivity index (χ0) is 15.1. The Labute approximate surface area is 122 Å². The topological polar surface area (TPSA) is 55.1 Å². The molecule has 2 heterocycles. The number of rotatable bonds is 2. The van der Waals surface area contributed by atoms with Gasteiger partial charge in [0, 0.05) is 22.5 Å². The lowest BCUT2D eigenvalue weighted by Crippen LogP contribution is -2.04. The lowest BCUT2D eigenvalue weighted by atomic mass is 10.1. The number of carboxylic acids is 1. The Hall–Kier alpha value is -2.62. The fourth-order valence-electron chi connectivity index (χ4n) is 2.82. The predicted molar refractivity (Wildman–Crippen MR) is 82.2 cm³/mol. The fraction of sp³-hybridized carbons (Fsp3) is 0.176. The molecule has 0 bridgehead atoms. The molecule has 1 aromatic carbocycles. The molecule has 3 aromatic rings. The maximum Gasteiger partial charge on any atom is 0.337 e. The van der Waals surface area contributed by atoms with Gasteiger partial charge in [-0.2, -0.15) is 0 Å². The van der Waals surface area contributed by atoms with Crippen LogP contribution >= 0.6 is 0 Å². The summed E-state index contributed by atoms with van der Waals surface area (Å²) in [6.45, 7) is 5.70. The van der Waals surface area contributed by atoms with Crippen LogP contribution in [-0.4, -0.2) is 20.6 Å². The number of hydrogen-bond acceptors (Lipinski definition) is 2. The van der Waals surface area contributed by atoms with Crippen LogP contribution in [0.15, 0.2) is 36.4 Å². The van der Waals surface area contributed by atoms with Gasteiger partial charge in [0.15, 0.2) is 0 Å². The van der Waals surface area contributed by atoms with Crippen molar-refractivity contribution >= 4 is 16.9 Å². The maximum absolute atomic E-state index is 11.3. The van der Waals surface area contributed by atoms with Crippen molar-refractivity contribution in [1.29, 1.82) is 0 Å². The monoisotopic (exact) mass is 280 g/mol. The molecule has 0 aliphatic carbocycles. The Morgan fingerprint density at radius 3 is 2.52 bits per heavy atom. The quantitative estimate of drug-likeness (QED) is 0.779. The second-order valence-electron chi connectivity index (χ2n) is 5.23. The molecule has 0 spiro atoms. The number of aryl methyl sites for hydroxylation is 2. The van der Waals surface area contributed by atoms with Crippen molar-refractivity contribution in [1.82, 2.24) is 9.55 Å². The van der Waals surface area contributed by atoms with Crippen molar-refractivity contribution in [3.8, 4) is 5.69 Å². The number of hydrogen-bond donors (Lipinski definition) is 1. The van der Waals surface area contributed by atoms with E-state index in [1.54, 1.807) is 6.07 Å². The molecule has 0 radical (unpaired) electrons. The highest BCUT2D eigenvalue weighted by Gasteiger charge is 2.17. The van der Waals surface area contributed by atoms with Crippen LogP contribution in [0.5, 0.6) is 0 Å². The molecule has 0 saturated carbocycles. The smallest absolute Gasteiger partial charge is 0.337 e. The van der Waals surface area contributed by atoms with Crippen molar-refractivity contribution in [2.24, 2.45) is 0 Å². The van der Waals surface area contributed by atoms with Gasteiger partial charge in [-0.05, 0) is 39.0 Å². The summed E-state index contributed by atoms with van der Waals surface area (Å²) in [5, 5.41) is 10.3. The average Bonchev–Trinajstić information content (AvgIpc) is 2.73. The van der Waals surface area contributed by atoms with Crippen LogP contribution in [-0.2, 0) is 0 Å². The van der Waals surface area contributed by atoms with E-state index in [-0.39, 0.29) is 0 Å². The minimum atomic E-state index is -0.899. The Morgan fingerprint density at radius 1 is 1.14 bits per heavy atom. The van der Waals surface area contributed by atoms with E-state index >= 15 is 0 Å². The molecule has 21 heavy (non-hydrogen) atoms. The highest BCUT2D eigenvalue weighted by atomic mass is 16.4. The zero-order valence-electron chi connectivity index (χ0n) is 12.2. The zero-order valence-corrected chi connectivity index (χ0v) is 12.2. The number of carboxylic acid groups (broad SMARTS) is 1. The standard InChI is InChI=1S/C17H16N2O2/c1-10-8-16(13-6-4-5-7-15(13)18-10)19-11(2)9-14(12(19)3)17(20)21/h4-9H,1-3H3,(H,20,21). The van der Waals surface area contributed by atoms with Crippen molar-refractivity contribution < 1.29 is 9.90 Å². The lowest BCUT2D eigenvalue weighted by Gasteiger charge is -2.13. The molecule has 4 heteroatoms. The molecule has 1 N–H and O–H groups in total. The van der Waals surface area contributed by atoms with Gasteiger partial charge < -0.3 is 9.67 Å². The molecule has 0 atom stereocenters. The second kappa shape index (κ2) is 4.74. The van der Waals surface area contributed by atoms with Crippen LogP contribution in [0.2, 0.25) is 0 Å². The van der Waals surface area contributed by atoms with Gasteiger partial charge in [0.25, 0.3) is 0 Å². The molecule has 106 valence electrons. The van der Waals surface area contributed by atoms with Crippen LogP contribution < -0.4 is 0 Å². The summed E-state index contributed by atoms with van der Waals surface area (Å²) >= 11 is 0. The number of carbonyl (C=O) groups is 1. The number of aromatic nitrogens is 2. The SMILES string of the molecule is Cc1cc(-n2c(C)cc(C(=O)O)c2C)c2ccccc2n1. The minimum absolute atomic E-state index is 0.339. The number of aromatic carboxylic acids is 1. The summed E-state index contributed by atoms with van der Waals surface area (Å²) < 4.78 is 1.99. The summed E-state index contributed by atoms with van der Waals surface area (Å²) in [5.74, 6) is -0.899. The van der Waals surface area contributed by atoms with Crippen LogP contribution in [0.4, 0.5) is 0 Å². The average molecular weight is 280 g/mol. The van der Waals surface area contributed by atoms with Gasteiger partial charge in [0.2, 0.25) is 0 Å². The van der Waals surface area contributed by atoms with Gasteiger partial charge in [-0.3, -0.25) is 4.98 Å². The third kappa shape index (κ3) is 2.09. The van der Waals surface area contributed by atoms with Gasteiger partial charge >= 0.3 is 5.97 Å². The van der Waals surface area contributed by atoms with Crippen LogP contribution in [0.1, 0.15) is 27.4 Å². The van der Waals surface area contributed by atoms with Crippen LogP contribution in [0.25, 0.3) is 16.6 Å². The highest BCUT2D eigenvalue weighted by molar-refractivity contribution is 5.91. The summed E-state index contributed by atoms with van der Waals surface area (Å²) in [6, 6.07) is 11.6. The number of para-hydroxylation sites is 1. The lowest BCUT2D eigenvalue weighted by molar-refractivity contribution is 0.0696. The number of pyridine rings is 1. The van der Waals surface area contributed by atoms with Gasteiger partial charge in [0.1, 0.15) is 0 Å². The molecule has 0 aliphatic heterocycles. The van der Waals surface area contributed by atoms with Crippen molar-refractivity contribution in [3.05, 3.63) is 59.0 Å². The third-order valence-corrected chi connectivity index (χ3v) is 3.72. The van der Waals surface area contributed by atoms with E-state index in [1.807, 2.05) is 55.7 Å². The summed E-state index contributed by atoms with van der Waals surface area (Å²) in [6.07, 6.45) is 0. The third-order valence-electron chi connectivity index (χ3n) is 3.72. The molecular weight excluding hydrogens is 264 g/mol. The van der Waals surface area contributed by atoms with Gasteiger partial charge in [-0.15, -0.1) is 0 Å². The Bertz CT molecular complexity index is 863. The van der Waals surface area contributed by atoms with Gasteiger partial charge in [-0.1, -0.05) is 18.2 Å². The van der Waals surface area contributed by atoms with E-state index in [0.717, 1.165) is 33.7 Å². The molecule has 0 amide bonds. The highest BCUT2D eigenvalue weighted by Crippen LogP contribution is 2.27. The molecule has 3 rings (SSSR count). The van der Waals surface area contributed by atoms with E-state index < -0.39 is 5.97 Å². The molecule has 4 nitrogen and oxygen atoms in total. The first-order chi connectivity index (χ1) is 9.99. The van der Waals surface area contributed by atoms with E-state index in [2.05, 4.69) is 4.98 Å². The largest absolute Gasteiger partial charge is 0.478 e. The van der Waals surface area contributed by atoms with Crippen molar-refractivity contribution in [2.75, 3.05) is 0 Å². The summed E-state index contributed by atoms with van der Waals surface area (Å²) in [4.78, 5) is 15.9. The van der Waals surface area contributed by atoms with Crippen LogP contribution in [0.3, 0.4) is 0 Å². The summed E-state index contributed by atoms with van der Waals surface area (Å²) in [5.41, 5.74) is 4.77. The van der Waals surface area contributed by atoms with E-state index in [4.69, 9.17) is 0 Å². The normalized spacial score (nSPS) is 11.0.